The van der Waals surface area contributed by atoms with E-state index < -0.39 is 0 Å². The van der Waals surface area contributed by atoms with Gasteiger partial charge in [0.05, 0.1) is 19.3 Å². The van der Waals surface area contributed by atoms with Gasteiger partial charge in [-0.05, 0) is 42.7 Å². The lowest BCUT2D eigenvalue weighted by Gasteiger charge is -2.12. The lowest BCUT2D eigenvalue weighted by molar-refractivity contribution is 0.0654. The quantitative estimate of drug-likeness (QED) is 0.513. The third kappa shape index (κ3) is 5.37. The van der Waals surface area contributed by atoms with Gasteiger partial charge in [0.2, 0.25) is 0 Å². The van der Waals surface area contributed by atoms with Crippen molar-refractivity contribution in [2.24, 2.45) is 5.73 Å². The molecule has 0 fully saturated rings. The van der Waals surface area contributed by atoms with E-state index in [0.717, 1.165) is 16.7 Å². The van der Waals surface area contributed by atoms with Gasteiger partial charge in [0.1, 0.15) is 18.2 Å². The fraction of sp³-hybridized carbons (Fsp3) is 0.316. The molecule has 0 atom stereocenters. The number of nitrogens with one attached hydrogen (secondary N) is 1. The summed E-state index contributed by atoms with van der Waals surface area (Å²) in [5, 5.41) is 16.8. The highest BCUT2D eigenvalue weighted by molar-refractivity contribution is 5.94. The van der Waals surface area contributed by atoms with Crippen molar-refractivity contribution in [2.75, 3.05) is 0 Å². The van der Waals surface area contributed by atoms with Crippen molar-refractivity contribution < 1.29 is 14.6 Å². The lowest BCUT2D eigenvalue weighted by atomic mass is 10.1. The number of hydrogen-bond donors (Lipinski definition) is 3. The molecule has 0 heterocycles. The summed E-state index contributed by atoms with van der Waals surface area (Å²) < 4.78 is 11.4. The molecule has 0 aromatic heterocycles. The summed E-state index contributed by atoms with van der Waals surface area (Å²) in [6.45, 7) is 4.81. The van der Waals surface area contributed by atoms with Gasteiger partial charge in [-0.25, -0.2) is 0 Å². The standard InChI is InChI=1S/C19H24N2O3/c1-13(2)23-12-16-7-15(10-22)8-18(9-16)24-11-14-3-5-17(6-4-14)19(20)21/h3-9,13,22H,10-12H2,1-2H3,(H3,20,21). The first-order valence-electron chi connectivity index (χ1n) is 7.89. The van der Waals surface area contributed by atoms with Crippen molar-refractivity contribution in [2.45, 2.75) is 39.8 Å². The minimum absolute atomic E-state index is 0.0425. The molecule has 5 nitrogen and oxygen atoms in total. The van der Waals surface area contributed by atoms with Crippen molar-refractivity contribution in [3.05, 3.63) is 64.7 Å². The Labute approximate surface area is 142 Å². The number of aliphatic hydroxyl groups excluding tert-OH is 1. The van der Waals surface area contributed by atoms with Crippen molar-refractivity contribution in [3.8, 4) is 5.75 Å². The predicted octanol–water partition coefficient (Wildman–Crippen LogP) is 2.97. The summed E-state index contributed by atoms with van der Waals surface area (Å²) in [6, 6.07) is 13.0. The van der Waals surface area contributed by atoms with Crippen molar-refractivity contribution in [1.82, 2.24) is 0 Å². The van der Waals surface area contributed by atoms with E-state index in [2.05, 4.69) is 0 Å². The molecule has 0 aliphatic rings. The molecule has 0 saturated heterocycles. The van der Waals surface area contributed by atoms with Crippen LogP contribution in [0.25, 0.3) is 0 Å². The first kappa shape index (κ1) is 18.0. The third-order valence-electron chi connectivity index (χ3n) is 3.46. The molecule has 2 aromatic rings. The second-order valence-electron chi connectivity index (χ2n) is 5.90. The molecule has 4 N–H and O–H groups in total. The van der Waals surface area contributed by atoms with Gasteiger partial charge in [-0.3, -0.25) is 5.41 Å². The zero-order chi connectivity index (χ0) is 17.5. The molecular formula is C19H24N2O3. The molecule has 0 unspecified atom stereocenters. The van der Waals surface area contributed by atoms with E-state index in [0.29, 0.717) is 24.5 Å². The third-order valence-corrected chi connectivity index (χ3v) is 3.46. The molecule has 128 valence electrons. The number of rotatable bonds is 8. The van der Waals surface area contributed by atoms with Crippen LogP contribution in [0.3, 0.4) is 0 Å². The Kier molecular flexibility index (Phi) is 6.35. The maximum atomic E-state index is 9.40. The summed E-state index contributed by atoms with van der Waals surface area (Å²) in [5.74, 6) is 0.743. The molecule has 2 aromatic carbocycles. The van der Waals surface area contributed by atoms with Crippen LogP contribution < -0.4 is 10.5 Å². The maximum absolute atomic E-state index is 9.40. The van der Waals surface area contributed by atoms with Crippen LogP contribution in [0.5, 0.6) is 5.75 Å². The van der Waals surface area contributed by atoms with Gasteiger partial charge in [-0.15, -0.1) is 0 Å². The average Bonchev–Trinajstić information content (AvgIpc) is 2.58. The summed E-state index contributed by atoms with van der Waals surface area (Å²) in [7, 11) is 0. The Morgan fingerprint density at radius 3 is 2.29 bits per heavy atom. The van der Waals surface area contributed by atoms with E-state index in [-0.39, 0.29) is 18.5 Å². The van der Waals surface area contributed by atoms with Crippen LogP contribution in [0.15, 0.2) is 42.5 Å². The zero-order valence-corrected chi connectivity index (χ0v) is 14.1. The molecule has 0 radical (unpaired) electrons. The lowest BCUT2D eigenvalue weighted by Crippen LogP contribution is -2.10. The zero-order valence-electron chi connectivity index (χ0n) is 14.1. The van der Waals surface area contributed by atoms with E-state index in [1.165, 1.54) is 0 Å². The monoisotopic (exact) mass is 328 g/mol. The molecule has 0 spiro atoms. The second kappa shape index (κ2) is 8.47. The Balaban J connectivity index is 2.05. The van der Waals surface area contributed by atoms with Crippen LogP contribution in [0.2, 0.25) is 0 Å². The summed E-state index contributed by atoms with van der Waals surface area (Å²) in [4.78, 5) is 0. The van der Waals surface area contributed by atoms with Gasteiger partial charge < -0.3 is 20.3 Å². The number of aliphatic hydroxyl groups is 1. The van der Waals surface area contributed by atoms with Crippen molar-refractivity contribution in [1.29, 1.82) is 5.41 Å². The van der Waals surface area contributed by atoms with Gasteiger partial charge in [-0.1, -0.05) is 30.3 Å². The molecule has 0 aliphatic heterocycles. The highest BCUT2D eigenvalue weighted by Crippen LogP contribution is 2.20. The number of nitrogens with two attached hydrogens (primary N) is 1. The fourth-order valence-electron chi connectivity index (χ4n) is 2.20. The van der Waals surface area contributed by atoms with Crippen LogP contribution in [0.4, 0.5) is 0 Å². The number of ether oxygens (including phenoxy) is 2. The predicted molar refractivity (Wildman–Crippen MR) is 94.1 cm³/mol. The van der Waals surface area contributed by atoms with E-state index in [1.807, 2.05) is 44.2 Å². The Bertz CT molecular complexity index is 682. The minimum atomic E-state index is -0.0425. The molecule has 0 amide bonds. The minimum Gasteiger partial charge on any atom is -0.489 e. The van der Waals surface area contributed by atoms with Gasteiger partial charge >= 0.3 is 0 Å². The molecule has 5 heteroatoms. The molecular weight excluding hydrogens is 304 g/mol. The van der Waals surface area contributed by atoms with E-state index in [9.17, 15) is 5.11 Å². The molecule has 0 bridgehead atoms. The van der Waals surface area contributed by atoms with Crippen LogP contribution in [0, 0.1) is 5.41 Å². The highest BCUT2D eigenvalue weighted by Gasteiger charge is 2.05. The van der Waals surface area contributed by atoms with Crippen molar-refractivity contribution >= 4 is 5.84 Å². The Hall–Kier alpha value is -2.37. The van der Waals surface area contributed by atoms with Crippen LogP contribution in [-0.2, 0) is 24.6 Å². The smallest absolute Gasteiger partial charge is 0.122 e. The maximum Gasteiger partial charge on any atom is 0.122 e. The summed E-state index contributed by atoms with van der Waals surface area (Å²) >= 11 is 0. The normalized spacial score (nSPS) is 10.8. The second-order valence-corrected chi connectivity index (χ2v) is 5.90. The molecule has 0 aliphatic carbocycles. The number of benzene rings is 2. The van der Waals surface area contributed by atoms with E-state index >= 15 is 0 Å². The molecule has 24 heavy (non-hydrogen) atoms. The van der Waals surface area contributed by atoms with Gasteiger partial charge in [0.25, 0.3) is 0 Å². The van der Waals surface area contributed by atoms with Crippen LogP contribution in [-0.4, -0.2) is 17.0 Å². The number of nitrogen functional groups attached to an aromatic ring is 1. The van der Waals surface area contributed by atoms with E-state index in [1.54, 1.807) is 12.1 Å². The SMILES string of the molecule is CC(C)OCc1cc(CO)cc(OCc2ccc(C(=N)N)cc2)c1. The van der Waals surface area contributed by atoms with E-state index in [4.69, 9.17) is 20.6 Å². The molecule has 0 saturated carbocycles. The summed E-state index contributed by atoms with van der Waals surface area (Å²) in [6.07, 6.45) is 0.145. The first-order chi connectivity index (χ1) is 11.5. The van der Waals surface area contributed by atoms with Crippen molar-refractivity contribution in [3.63, 3.8) is 0 Å². The van der Waals surface area contributed by atoms with Crippen LogP contribution in [0.1, 0.15) is 36.1 Å². The topological polar surface area (TPSA) is 88.6 Å². The number of hydrogen-bond acceptors (Lipinski definition) is 4. The van der Waals surface area contributed by atoms with Crippen LogP contribution >= 0.6 is 0 Å². The first-order valence-corrected chi connectivity index (χ1v) is 7.89. The van der Waals surface area contributed by atoms with Gasteiger partial charge in [0.15, 0.2) is 0 Å². The fourth-order valence-corrected chi connectivity index (χ4v) is 2.20. The Morgan fingerprint density at radius 1 is 1.04 bits per heavy atom. The van der Waals surface area contributed by atoms with Gasteiger partial charge in [-0.2, -0.15) is 0 Å². The van der Waals surface area contributed by atoms with Gasteiger partial charge in [0, 0.05) is 5.56 Å². The Morgan fingerprint density at radius 2 is 1.71 bits per heavy atom. The number of amidine groups is 1. The highest BCUT2D eigenvalue weighted by atomic mass is 16.5. The molecule has 2 rings (SSSR count). The summed E-state index contributed by atoms with van der Waals surface area (Å²) in [5.41, 5.74) is 8.88. The average molecular weight is 328 g/mol. The largest absolute Gasteiger partial charge is 0.489 e.